The van der Waals surface area contributed by atoms with Crippen molar-refractivity contribution in [2.45, 2.75) is 38.3 Å². The van der Waals surface area contributed by atoms with Crippen molar-refractivity contribution in [3.05, 3.63) is 35.6 Å². The topological polar surface area (TPSA) is 12.0 Å². The first kappa shape index (κ1) is 12.9. The minimum atomic E-state index is -0.155. The van der Waals surface area contributed by atoms with E-state index in [0.29, 0.717) is 12.1 Å². The lowest BCUT2D eigenvalue weighted by molar-refractivity contribution is 0.441. The fourth-order valence-corrected chi connectivity index (χ4v) is 3.39. The average molecular weight is 253 g/mol. The lowest BCUT2D eigenvalue weighted by Crippen LogP contribution is -2.40. The number of hydrogen-bond acceptors (Lipinski definition) is 2. The molecule has 94 valence electrons. The molecule has 1 heterocycles. The van der Waals surface area contributed by atoms with E-state index in [1.54, 1.807) is 12.1 Å². The minimum absolute atomic E-state index is 0.155. The van der Waals surface area contributed by atoms with E-state index in [4.69, 9.17) is 0 Å². The Morgan fingerprint density at radius 2 is 2.18 bits per heavy atom. The monoisotopic (exact) mass is 253 g/mol. The summed E-state index contributed by atoms with van der Waals surface area (Å²) in [6.45, 7) is 2.21. The molecule has 2 rings (SSSR count). The molecule has 1 aliphatic rings. The molecule has 2 unspecified atom stereocenters. The van der Waals surface area contributed by atoms with Crippen LogP contribution in [0.1, 0.15) is 25.3 Å². The van der Waals surface area contributed by atoms with Gasteiger partial charge in [-0.3, -0.25) is 0 Å². The molecule has 1 aliphatic heterocycles. The van der Waals surface area contributed by atoms with Crippen LogP contribution >= 0.6 is 11.8 Å². The molecule has 1 fully saturated rings. The van der Waals surface area contributed by atoms with E-state index in [9.17, 15) is 4.39 Å². The lowest BCUT2D eigenvalue weighted by atomic mass is 10.1. The summed E-state index contributed by atoms with van der Waals surface area (Å²) in [7, 11) is 0. The summed E-state index contributed by atoms with van der Waals surface area (Å²) < 4.78 is 12.8. The van der Waals surface area contributed by atoms with Gasteiger partial charge in [0.15, 0.2) is 0 Å². The van der Waals surface area contributed by atoms with Crippen LogP contribution in [-0.4, -0.2) is 23.6 Å². The van der Waals surface area contributed by atoms with Crippen LogP contribution < -0.4 is 5.32 Å². The molecule has 0 aromatic heterocycles. The van der Waals surface area contributed by atoms with Crippen molar-refractivity contribution in [1.82, 2.24) is 5.32 Å². The van der Waals surface area contributed by atoms with E-state index in [0.717, 1.165) is 6.42 Å². The van der Waals surface area contributed by atoms with Crippen LogP contribution in [0.3, 0.4) is 0 Å². The maximum atomic E-state index is 12.8. The van der Waals surface area contributed by atoms with Crippen LogP contribution in [0.5, 0.6) is 0 Å². The number of halogens is 1. The summed E-state index contributed by atoms with van der Waals surface area (Å²) in [6.07, 6.45) is 3.59. The molecule has 2 atom stereocenters. The van der Waals surface area contributed by atoms with Crippen LogP contribution in [0.2, 0.25) is 0 Å². The average Bonchev–Trinajstić information content (AvgIpc) is 2.33. The molecule has 0 saturated carbocycles. The Labute approximate surface area is 107 Å². The number of rotatable bonds is 4. The van der Waals surface area contributed by atoms with Gasteiger partial charge in [0.1, 0.15) is 5.82 Å². The van der Waals surface area contributed by atoms with Gasteiger partial charge in [0.05, 0.1) is 0 Å². The highest BCUT2D eigenvalue weighted by molar-refractivity contribution is 7.99. The van der Waals surface area contributed by atoms with Gasteiger partial charge in [0.25, 0.3) is 0 Å². The van der Waals surface area contributed by atoms with Crippen molar-refractivity contribution >= 4 is 11.8 Å². The Hall–Kier alpha value is -0.540. The summed E-state index contributed by atoms with van der Waals surface area (Å²) in [5.74, 6) is 2.39. The fourth-order valence-electron chi connectivity index (χ4n) is 2.31. The zero-order valence-corrected chi connectivity index (χ0v) is 11.1. The molecule has 0 amide bonds. The Morgan fingerprint density at radius 1 is 1.41 bits per heavy atom. The fraction of sp³-hybridized carbons (Fsp3) is 0.571. The van der Waals surface area contributed by atoms with Crippen LogP contribution in [0, 0.1) is 5.82 Å². The van der Waals surface area contributed by atoms with Crippen LogP contribution in [0.4, 0.5) is 4.39 Å². The highest BCUT2D eigenvalue weighted by atomic mass is 32.2. The predicted molar refractivity (Wildman–Crippen MR) is 73.0 cm³/mol. The van der Waals surface area contributed by atoms with E-state index in [-0.39, 0.29) is 5.82 Å². The molecule has 1 saturated heterocycles. The first-order valence-corrected chi connectivity index (χ1v) is 7.48. The second-order valence-electron chi connectivity index (χ2n) is 4.81. The highest BCUT2D eigenvalue weighted by Crippen LogP contribution is 2.17. The zero-order valence-electron chi connectivity index (χ0n) is 10.3. The molecule has 3 heteroatoms. The summed E-state index contributed by atoms with van der Waals surface area (Å²) in [5, 5.41) is 3.67. The second kappa shape index (κ2) is 6.41. The third-order valence-electron chi connectivity index (χ3n) is 3.14. The van der Waals surface area contributed by atoms with Crippen LogP contribution in [0.15, 0.2) is 24.3 Å². The summed E-state index contributed by atoms with van der Waals surface area (Å²) in [4.78, 5) is 0. The molecule has 1 nitrogen and oxygen atoms in total. The predicted octanol–water partition coefficient (Wildman–Crippen LogP) is 3.24. The molecule has 1 aromatic rings. The maximum Gasteiger partial charge on any atom is 0.123 e. The molecule has 17 heavy (non-hydrogen) atoms. The van der Waals surface area contributed by atoms with Crippen molar-refractivity contribution in [1.29, 1.82) is 0 Å². The first-order chi connectivity index (χ1) is 8.24. The quantitative estimate of drug-likeness (QED) is 0.884. The van der Waals surface area contributed by atoms with Gasteiger partial charge in [-0.1, -0.05) is 12.1 Å². The molecule has 1 aromatic carbocycles. The standard InChI is InChI=1S/C14H20FNS/c1-11(16-14-3-2-8-17-10-14)9-12-4-6-13(15)7-5-12/h4-7,11,14,16H,2-3,8-10H2,1H3. The van der Waals surface area contributed by atoms with Gasteiger partial charge in [0, 0.05) is 17.8 Å². The largest absolute Gasteiger partial charge is 0.310 e. The van der Waals surface area contributed by atoms with Gasteiger partial charge in [-0.05, 0) is 49.6 Å². The summed E-state index contributed by atoms with van der Waals surface area (Å²) in [5.41, 5.74) is 1.20. The number of benzene rings is 1. The van der Waals surface area contributed by atoms with Gasteiger partial charge < -0.3 is 5.32 Å². The van der Waals surface area contributed by atoms with E-state index in [2.05, 4.69) is 12.2 Å². The molecule has 0 bridgehead atoms. The van der Waals surface area contributed by atoms with Crippen molar-refractivity contribution in [3.8, 4) is 0 Å². The zero-order chi connectivity index (χ0) is 12.1. The normalized spacial score (nSPS) is 22.4. The van der Waals surface area contributed by atoms with Crippen molar-refractivity contribution in [2.24, 2.45) is 0 Å². The summed E-state index contributed by atoms with van der Waals surface area (Å²) in [6, 6.07) is 7.96. The highest BCUT2D eigenvalue weighted by Gasteiger charge is 2.15. The summed E-state index contributed by atoms with van der Waals surface area (Å²) >= 11 is 2.04. The van der Waals surface area contributed by atoms with E-state index < -0.39 is 0 Å². The van der Waals surface area contributed by atoms with Crippen molar-refractivity contribution in [2.75, 3.05) is 11.5 Å². The first-order valence-electron chi connectivity index (χ1n) is 6.32. The number of thioether (sulfide) groups is 1. The smallest absolute Gasteiger partial charge is 0.123 e. The van der Waals surface area contributed by atoms with Gasteiger partial charge in [-0.2, -0.15) is 11.8 Å². The number of nitrogens with one attached hydrogen (secondary N) is 1. The van der Waals surface area contributed by atoms with Crippen molar-refractivity contribution < 1.29 is 4.39 Å². The van der Waals surface area contributed by atoms with Gasteiger partial charge in [0.2, 0.25) is 0 Å². The van der Waals surface area contributed by atoms with E-state index >= 15 is 0 Å². The van der Waals surface area contributed by atoms with Gasteiger partial charge >= 0.3 is 0 Å². The lowest BCUT2D eigenvalue weighted by Gasteiger charge is -2.26. The molecule has 0 radical (unpaired) electrons. The molecule has 0 aliphatic carbocycles. The van der Waals surface area contributed by atoms with Crippen molar-refractivity contribution in [3.63, 3.8) is 0 Å². The Kier molecular flexibility index (Phi) is 4.86. The third-order valence-corrected chi connectivity index (χ3v) is 4.35. The maximum absolute atomic E-state index is 12.8. The molecule has 1 N–H and O–H groups in total. The molecular weight excluding hydrogens is 233 g/mol. The van der Waals surface area contributed by atoms with E-state index in [1.807, 2.05) is 23.9 Å². The SMILES string of the molecule is CC(Cc1ccc(F)cc1)NC1CCCSC1. The number of hydrogen-bond donors (Lipinski definition) is 1. The Bertz CT molecular complexity index is 333. The second-order valence-corrected chi connectivity index (χ2v) is 5.96. The van der Waals surface area contributed by atoms with Gasteiger partial charge in [-0.15, -0.1) is 0 Å². The molecular formula is C14H20FNS. The van der Waals surface area contributed by atoms with E-state index in [1.165, 1.54) is 29.9 Å². The third kappa shape index (κ3) is 4.32. The van der Waals surface area contributed by atoms with Gasteiger partial charge in [-0.25, -0.2) is 4.39 Å². The van der Waals surface area contributed by atoms with Crippen LogP contribution in [-0.2, 0) is 6.42 Å². The van der Waals surface area contributed by atoms with Crippen LogP contribution in [0.25, 0.3) is 0 Å². The Balaban J connectivity index is 1.79. The Morgan fingerprint density at radius 3 is 2.82 bits per heavy atom. The molecule has 0 spiro atoms. The minimum Gasteiger partial charge on any atom is -0.310 e.